The van der Waals surface area contributed by atoms with E-state index in [2.05, 4.69) is 10.5 Å². The van der Waals surface area contributed by atoms with Crippen molar-refractivity contribution in [2.24, 2.45) is 0 Å². The molecule has 2 saturated heterocycles. The summed E-state index contributed by atoms with van der Waals surface area (Å²) in [6, 6.07) is 6.27. The Labute approximate surface area is 173 Å². The van der Waals surface area contributed by atoms with Crippen LogP contribution in [0.15, 0.2) is 22.7 Å². The Balaban J connectivity index is 1.39. The van der Waals surface area contributed by atoms with Gasteiger partial charge in [-0.25, -0.2) is 0 Å². The Morgan fingerprint density at radius 3 is 2.46 bits per heavy atom. The van der Waals surface area contributed by atoms with Crippen LogP contribution >= 0.6 is 23.2 Å². The van der Waals surface area contributed by atoms with E-state index in [4.69, 9.17) is 32.5 Å². The second kappa shape index (κ2) is 7.36. The summed E-state index contributed by atoms with van der Waals surface area (Å²) in [5, 5.41) is 8.80. The number of aromatic nitrogens is 1. The summed E-state index contributed by atoms with van der Waals surface area (Å²) in [5.41, 5.74) is 1.93. The molecule has 3 atom stereocenters. The van der Waals surface area contributed by atoms with Gasteiger partial charge in [-0.15, -0.1) is 0 Å². The molecule has 2 aliphatic heterocycles. The Hall–Kier alpha value is -1.56. The maximum atomic E-state index is 12.8. The largest absolute Gasteiger partial charge is 0.462 e. The lowest BCUT2D eigenvalue weighted by Crippen LogP contribution is -2.42. The molecule has 3 heterocycles. The monoisotopic (exact) mass is 420 g/mol. The van der Waals surface area contributed by atoms with Gasteiger partial charge in [0.25, 0.3) is 0 Å². The molecule has 0 radical (unpaired) electrons. The molecule has 1 N–H and O–H groups in total. The molecule has 3 fully saturated rings. The number of piperidine rings is 1. The molecule has 5 rings (SSSR count). The molecular weight excluding hydrogens is 399 g/mol. The third-order valence-electron chi connectivity index (χ3n) is 6.02. The third kappa shape index (κ3) is 3.56. The molecule has 3 aliphatic rings. The van der Waals surface area contributed by atoms with Crippen molar-refractivity contribution in [1.82, 2.24) is 10.5 Å². The average molecular weight is 421 g/mol. The summed E-state index contributed by atoms with van der Waals surface area (Å²) in [5.74, 6) is 0.856. The van der Waals surface area contributed by atoms with Gasteiger partial charge in [-0.3, -0.25) is 4.79 Å². The van der Waals surface area contributed by atoms with E-state index in [1.807, 2.05) is 0 Å². The molecule has 2 bridgehead atoms. The number of carbonyl (C=O) groups excluding carboxylic acids is 1. The maximum absolute atomic E-state index is 12.8. The SMILES string of the molecule is O=C(Cc1c(-c2c(Cl)cccc2Cl)noc1C1CC1)OC1C[C@H]2CC[C@@H](C1)N2. The Morgan fingerprint density at radius 1 is 1.14 bits per heavy atom. The molecule has 1 aromatic carbocycles. The highest BCUT2D eigenvalue weighted by molar-refractivity contribution is 6.39. The van der Waals surface area contributed by atoms with Crippen LogP contribution in [0.1, 0.15) is 55.8 Å². The van der Waals surface area contributed by atoms with Crippen LogP contribution in [-0.2, 0) is 16.0 Å². The van der Waals surface area contributed by atoms with Gasteiger partial charge in [0.1, 0.15) is 17.6 Å². The van der Waals surface area contributed by atoms with Crippen molar-refractivity contribution in [3.8, 4) is 11.3 Å². The minimum Gasteiger partial charge on any atom is -0.462 e. The first-order chi connectivity index (χ1) is 13.6. The number of esters is 1. The van der Waals surface area contributed by atoms with Crippen molar-refractivity contribution in [2.75, 3.05) is 0 Å². The summed E-state index contributed by atoms with van der Waals surface area (Å²) in [6.07, 6.45) is 6.34. The van der Waals surface area contributed by atoms with Crippen molar-refractivity contribution in [3.05, 3.63) is 39.6 Å². The highest BCUT2D eigenvalue weighted by atomic mass is 35.5. The van der Waals surface area contributed by atoms with Crippen LogP contribution in [-0.4, -0.2) is 29.3 Å². The lowest BCUT2D eigenvalue weighted by atomic mass is 10.0. The van der Waals surface area contributed by atoms with Crippen LogP contribution in [0.25, 0.3) is 11.3 Å². The number of ether oxygens (including phenoxy) is 1. The number of fused-ring (bicyclic) bond motifs is 2. The number of hydrogen-bond acceptors (Lipinski definition) is 5. The fourth-order valence-electron chi connectivity index (χ4n) is 4.55. The number of nitrogens with zero attached hydrogens (tertiary/aromatic N) is 1. The predicted molar refractivity (Wildman–Crippen MR) is 107 cm³/mol. The van der Waals surface area contributed by atoms with Gasteiger partial charge in [0.05, 0.1) is 16.5 Å². The maximum Gasteiger partial charge on any atom is 0.310 e. The average Bonchev–Trinajstić information content (AvgIpc) is 3.34. The zero-order valence-electron chi connectivity index (χ0n) is 15.4. The van der Waals surface area contributed by atoms with E-state index in [9.17, 15) is 4.79 Å². The smallest absolute Gasteiger partial charge is 0.310 e. The van der Waals surface area contributed by atoms with Crippen molar-refractivity contribution >= 4 is 29.2 Å². The Bertz CT molecular complexity index is 877. The van der Waals surface area contributed by atoms with Gasteiger partial charge in [-0.2, -0.15) is 0 Å². The van der Waals surface area contributed by atoms with Gasteiger partial charge in [-0.1, -0.05) is 34.4 Å². The summed E-state index contributed by atoms with van der Waals surface area (Å²) >= 11 is 12.8. The van der Waals surface area contributed by atoms with Gasteiger partial charge >= 0.3 is 5.97 Å². The third-order valence-corrected chi connectivity index (χ3v) is 6.65. The summed E-state index contributed by atoms with van der Waals surface area (Å²) in [4.78, 5) is 12.8. The predicted octanol–water partition coefficient (Wildman–Crippen LogP) is 4.89. The molecule has 1 aliphatic carbocycles. The molecule has 5 nitrogen and oxygen atoms in total. The quantitative estimate of drug-likeness (QED) is 0.697. The van der Waals surface area contributed by atoms with E-state index in [-0.39, 0.29) is 18.5 Å². The van der Waals surface area contributed by atoms with E-state index in [1.165, 1.54) is 12.8 Å². The number of rotatable bonds is 5. The lowest BCUT2D eigenvalue weighted by Gasteiger charge is -2.28. The van der Waals surface area contributed by atoms with Crippen molar-refractivity contribution < 1.29 is 14.1 Å². The van der Waals surface area contributed by atoms with Crippen molar-refractivity contribution in [3.63, 3.8) is 0 Å². The van der Waals surface area contributed by atoms with Gasteiger partial charge in [0.15, 0.2) is 0 Å². The molecule has 1 unspecified atom stereocenters. The zero-order chi connectivity index (χ0) is 19.3. The van der Waals surface area contributed by atoms with Gasteiger partial charge in [0, 0.05) is 29.1 Å². The minimum atomic E-state index is -0.235. The summed E-state index contributed by atoms with van der Waals surface area (Å²) in [7, 11) is 0. The number of halogens is 2. The van der Waals surface area contributed by atoms with Crippen LogP contribution in [0.5, 0.6) is 0 Å². The normalized spacial score (nSPS) is 26.4. The van der Waals surface area contributed by atoms with E-state index in [1.54, 1.807) is 18.2 Å². The fraction of sp³-hybridized carbons (Fsp3) is 0.524. The fourth-order valence-corrected chi connectivity index (χ4v) is 5.13. The summed E-state index contributed by atoms with van der Waals surface area (Å²) < 4.78 is 11.5. The number of hydrogen-bond donors (Lipinski definition) is 1. The number of benzene rings is 1. The van der Waals surface area contributed by atoms with Crippen LogP contribution in [0.4, 0.5) is 0 Å². The Kier molecular flexibility index (Phi) is 4.85. The first kappa shape index (κ1) is 18.5. The summed E-state index contributed by atoms with van der Waals surface area (Å²) in [6.45, 7) is 0. The standard InChI is InChI=1S/C21H22Cl2N2O3/c22-16-2-1-3-17(23)19(16)20-15(21(28-25-20)11-4-5-11)10-18(26)27-14-8-12-6-7-13(9-14)24-12/h1-3,11-14,24H,4-10H2/t12-,13+,14?. The highest BCUT2D eigenvalue weighted by Crippen LogP contribution is 2.46. The molecular formula is C21H22Cl2N2O3. The van der Waals surface area contributed by atoms with Gasteiger partial charge < -0.3 is 14.6 Å². The van der Waals surface area contributed by atoms with Gasteiger partial charge in [0.2, 0.25) is 0 Å². The van der Waals surface area contributed by atoms with Crippen molar-refractivity contribution in [2.45, 2.75) is 69.1 Å². The lowest BCUT2D eigenvalue weighted by molar-refractivity contribution is -0.150. The van der Waals surface area contributed by atoms with Crippen molar-refractivity contribution in [1.29, 1.82) is 0 Å². The molecule has 28 heavy (non-hydrogen) atoms. The molecule has 148 valence electrons. The second-order valence-electron chi connectivity index (χ2n) is 8.14. The van der Waals surface area contributed by atoms with E-state index >= 15 is 0 Å². The second-order valence-corrected chi connectivity index (χ2v) is 8.96. The topological polar surface area (TPSA) is 64.4 Å². The van der Waals surface area contributed by atoms with E-state index in [0.717, 1.165) is 37.0 Å². The van der Waals surface area contributed by atoms with Crippen LogP contribution in [0.3, 0.4) is 0 Å². The Morgan fingerprint density at radius 2 is 1.82 bits per heavy atom. The van der Waals surface area contributed by atoms with Crippen LogP contribution < -0.4 is 5.32 Å². The molecule has 1 saturated carbocycles. The first-order valence-electron chi connectivity index (χ1n) is 9.97. The first-order valence-corrected chi connectivity index (χ1v) is 10.7. The zero-order valence-corrected chi connectivity index (χ0v) is 16.9. The molecule has 7 heteroatoms. The van der Waals surface area contributed by atoms with Gasteiger partial charge in [-0.05, 0) is 50.7 Å². The van der Waals surface area contributed by atoms with Crippen LogP contribution in [0, 0.1) is 0 Å². The minimum absolute atomic E-state index is 0.0113. The van der Waals surface area contributed by atoms with Crippen LogP contribution in [0.2, 0.25) is 10.0 Å². The van der Waals surface area contributed by atoms with E-state index < -0.39 is 0 Å². The molecule has 2 aromatic rings. The van der Waals surface area contributed by atoms with E-state index in [0.29, 0.717) is 39.3 Å². The molecule has 0 amide bonds. The molecule has 0 spiro atoms. The number of nitrogens with one attached hydrogen (secondary N) is 1. The molecule has 1 aromatic heterocycles. The number of carbonyl (C=O) groups is 1. The highest BCUT2D eigenvalue weighted by Gasteiger charge is 2.37.